The van der Waals surface area contributed by atoms with Crippen LogP contribution in [0.3, 0.4) is 0 Å². The molecule has 0 aliphatic rings. The lowest BCUT2D eigenvalue weighted by Crippen LogP contribution is -2.30. The Labute approximate surface area is 286 Å². The molecule has 1 aromatic heterocycles. The standard InChI is InChI=1S/C34H26BrN5O5S2/c1-21(31(41)39-34-38-30(20-46-34)23-12-14-25(35)15-13-23)47-28-9-5-8-26(19-28)36-33(43)29(37-32(42)24-6-3-2-4-7-24)18-22-10-16-27(17-11-22)40(44)45/h2-21H,1H3,(H,36,43)(H,37,42)(H,38,39,41)/b29-18+. The predicted octanol–water partition coefficient (Wildman–Crippen LogP) is 8.01. The van der Waals surface area contributed by atoms with Crippen molar-refractivity contribution in [1.82, 2.24) is 10.3 Å². The van der Waals surface area contributed by atoms with Crippen LogP contribution in [0, 0.1) is 10.1 Å². The Morgan fingerprint density at radius 1 is 0.936 bits per heavy atom. The van der Waals surface area contributed by atoms with Crippen LogP contribution in [0.15, 0.2) is 124 Å². The molecule has 0 saturated carbocycles. The van der Waals surface area contributed by atoms with Crippen LogP contribution in [0.4, 0.5) is 16.5 Å². The number of thioether (sulfide) groups is 1. The number of nitrogens with zero attached hydrogens (tertiary/aromatic N) is 2. The first-order valence-corrected chi connectivity index (χ1v) is 16.6. The van der Waals surface area contributed by atoms with E-state index in [2.05, 4.69) is 36.9 Å². The summed E-state index contributed by atoms with van der Waals surface area (Å²) in [6.45, 7) is 1.78. The Kier molecular flexibility index (Phi) is 10.9. The number of hydrogen-bond donors (Lipinski definition) is 3. The second-order valence-electron chi connectivity index (χ2n) is 10.0. The minimum Gasteiger partial charge on any atom is -0.321 e. The van der Waals surface area contributed by atoms with E-state index >= 15 is 0 Å². The van der Waals surface area contributed by atoms with E-state index in [1.165, 1.54) is 53.4 Å². The second-order valence-corrected chi connectivity index (χ2v) is 13.2. The van der Waals surface area contributed by atoms with E-state index in [0.29, 0.717) is 21.9 Å². The highest BCUT2D eigenvalue weighted by molar-refractivity contribution is 9.10. The molecule has 236 valence electrons. The summed E-state index contributed by atoms with van der Waals surface area (Å²) in [7, 11) is 0. The van der Waals surface area contributed by atoms with Crippen LogP contribution >= 0.6 is 39.0 Å². The SMILES string of the molecule is CC(Sc1cccc(NC(=O)/C(=C\c2ccc([N+](=O)[O-])cc2)NC(=O)c2ccccc2)c1)C(=O)Nc1nc(-c2ccc(Br)cc2)cs1. The van der Waals surface area contributed by atoms with Gasteiger partial charge in [-0.05, 0) is 73.2 Å². The van der Waals surface area contributed by atoms with Gasteiger partial charge in [0.05, 0.1) is 15.9 Å². The summed E-state index contributed by atoms with van der Waals surface area (Å²) in [5.41, 5.74) is 2.81. The van der Waals surface area contributed by atoms with Crippen LogP contribution in [-0.4, -0.2) is 32.9 Å². The summed E-state index contributed by atoms with van der Waals surface area (Å²) in [4.78, 5) is 55.2. The van der Waals surface area contributed by atoms with Crippen LogP contribution in [0.2, 0.25) is 0 Å². The topological polar surface area (TPSA) is 143 Å². The van der Waals surface area contributed by atoms with Gasteiger partial charge in [0.15, 0.2) is 5.13 Å². The highest BCUT2D eigenvalue weighted by Gasteiger charge is 2.19. The number of non-ortho nitro benzene ring substituents is 1. The Morgan fingerprint density at radius 2 is 1.66 bits per heavy atom. The molecule has 3 N–H and O–H groups in total. The smallest absolute Gasteiger partial charge is 0.272 e. The average Bonchev–Trinajstić information content (AvgIpc) is 3.53. The third kappa shape index (κ3) is 9.22. The maximum atomic E-state index is 13.4. The highest BCUT2D eigenvalue weighted by atomic mass is 79.9. The van der Waals surface area contributed by atoms with Crippen molar-refractivity contribution in [3.63, 3.8) is 0 Å². The number of carbonyl (C=O) groups excluding carboxylic acids is 3. The molecule has 1 heterocycles. The van der Waals surface area contributed by atoms with Crippen LogP contribution < -0.4 is 16.0 Å². The Morgan fingerprint density at radius 3 is 2.36 bits per heavy atom. The monoisotopic (exact) mass is 727 g/mol. The molecule has 0 spiro atoms. The van der Waals surface area contributed by atoms with Crippen molar-refractivity contribution in [3.8, 4) is 11.3 Å². The van der Waals surface area contributed by atoms with Crippen LogP contribution in [-0.2, 0) is 9.59 Å². The lowest BCUT2D eigenvalue weighted by Gasteiger charge is -2.13. The zero-order valence-electron chi connectivity index (χ0n) is 24.7. The number of thiazole rings is 1. The van der Waals surface area contributed by atoms with Crippen molar-refractivity contribution in [1.29, 1.82) is 0 Å². The van der Waals surface area contributed by atoms with Gasteiger partial charge >= 0.3 is 0 Å². The van der Waals surface area contributed by atoms with Gasteiger partial charge in [-0.1, -0.05) is 52.3 Å². The van der Waals surface area contributed by atoms with E-state index in [4.69, 9.17) is 0 Å². The molecule has 47 heavy (non-hydrogen) atoms. The van der Waals surface area contributed by atoms with Gasteiger partial charge in [-0.3, -0.25) is 24.5 Å². The van der Waals surface area contributed by atoms with Crippen LogP contribution in [0.25, 0.3) is 17.3 Å². The normalized spacial score (nSPS) is 11.7. The number of anilines is 2. The van der Waals surface area contributed by atoms with Gasteiger partial charge in [-0.25, -0.2) is 4.98 Å². The summed E-state index contributed by atoms with van der Waals surface area (Å²) in [6, 6.07) is 28.7. The van der Waals surface area contributed by atoms with E-state index in [9.17, 15) is 24.5 Å². The fourth-order valence-electron chi connectivity index (χ4n) is 4.20. The minimum atomic E-state index is -0.606. The highest BCUT2D eigenvalue weighted by Crippen LogP contribution is 2.29. The number of benzene rings is 4. The van der Waals surface area contributed by atoms with Crippen molar-refractivity contribution in [3.05, 3.63) is 140 Å². The fraction of sp³-hybridized carbons (Fsp3) is 0.0588. The van der Waals surface area contributed by atoms with Crippen LogP contribution in [0.5, 0.6) is 0 Å². The molecule has 13 heteroatoms. The van der Waals surface area contributed by atoms with Gasteiger partial charge in [-0.15, -0.1) is 23.1 Å². The van der Waals surface area contributed by atoms with E-state index in [-0.39, 0.29) is 17.3 Å². The first kappa shape index (κ1) is 33.3. The number of nitro benzene ring substituents is 1. The van der Waals surface area contributed by atoms with Gasteiger partial charge < -0.3 is 16.0 Å². The van der Waals surface area contributed by atoms with Gasteiger partial charge in [-0.2, -0.15) is 0 Å². The lowest BCUT2D eigenvalue weighted by molar-refractivity contribution is -0.384. The van der Waals surface area contributed by atoms with Gasteiger partial charge in [0.1, 0.15) is 5.70 Å². The largest absolute Gasteiger partial charge is 0.321 e. The molecule has 0 bridgehead atoms. The Balaban J connectivity index is 1.26. The molecule has 1 unspecified atom stereocenters. The van der Waals surface area contributed by atoms with Crippen molar-refractivity contribution in [2.75, 3.05) is 10.6 Å². The summed E-state index contributed by atoms with van der Waals surface area (Å²) in [5.74, 6) is -1.33. The first-order valence-electron chi connectivity index (χ1n) is 14.1. The molecule has 0 aliphatic heterocycles. The molecule has 3 amide bonds. The van der Waals surface area contributed by atoms with E-state index in [0.717, 1.165) is 20.6 Å². The predicted molar refractivity (Wildman–Crippen MR) is 189 cm³/mol. The first-order chi connectivity index (χ1) is 22.6. The molecule has 10 nitrogen and oxygen atoms in total. The average molecular weight is 729 g/mol. The number of amides is 3. The maximum Gasteiger partial charge on any atom is 0.272 e. The Bertz CT molecular complexity index is 1950. The molecular weight excluding hydrogens is 702 g/mol. The summed E-state index contributed by atoms with van der Waals surface area (Å²) >= 11 is 6.07. The second kappa shape index (κ2) is 15.5. The van der Waals surface area contributed by atoms with Gasteiger partial charge in [0.25, 0.3) is 17.5 Å². The van der Waals surface area contributed by atoms with E-state index in [1.54, 1.807) is 55.5 Å². The number of nitrogens with one attached hydrogen (secondary N) is 3. The number of nitro groups is 1. The quantitative estimate of drug-likeness (QED) is 0.0541. The summed E-state index contributed by atoms with van der Waals surface area (Å²) in [5, 5.41) is 21.3. The molecule has 5 rings (SSSR count). The molecule has 0 saturated heterocycles. The fourth-order valence-corrected chi connectivity index (χ4v) is 6.11. The summed E-state index contributed by atoms with van der Waals surface area (Å²) < 4.78 is 0.966. The van der Waals surface area contributed by atoms with Crippen molar-refractivity contribution >= 4 is 79.3 Å². The third-order valence-electron chi connectivity index (χ3n) is 6.59. The zero-order chi connectivity index (χ0) is 33.3. The minimum absolute atomic E-state index is 0.0653. The number of halogens is 1. The molecule has 4 aromatic carbocycles. The maximum absolute atomic E-state index is 13.4. The number of rotatable bonds is 11. The molecule has 1 atom stereocenters. The molecular formula is C34H26BrN5O5S2. The zero-order valence-corrected chi connectivity index (χ0v) is 27.9. The molecule has 5 aromatic rings. The molecule has 0 aliphatic carbocycles. The number of carbonyl (C=O) groups is 3. The molecule has 0 fully saturated rings. The van der Waals surface area contributed by atoms with E-state index in [1.807, 2.05) is 35.7 Å². The van der Waals surface area contributed by atoms with Crippen molar-refractivity contribution in [2.45, 2.75) is 17.1 Å². The van der Waals surface area contributed by atoms with Crippen molar-refractivity contribution < 1.29 is 19.3 Å². The molecule has 0 radical (unpaired) electrons. The van der Waals surface area contributed by atoms with Gasteiger partial charge in [0.2, 0.25) is 5.91 Å². The Hall–Kier alpha value is -5.11. The number of aromatic nitrogens is 1. The van der Waals surface area contributed by atoms with Crippen LogP contribution in [0.1, 0.15) is 22.8 Å². The number of hydrogen-bond acceptors (Lipinski definition) is 8. The van der Waals surface area contributed by atoms with Crippen molar-refractivity contribution in [2.24, 2.45) is 0 Å². The third-order valence-corrected chi connectivity index (χ3v) is 8.97. The van der Waals surface area contributed by atoms with Gasteiger partial charge in [0, 0.05) is 43.7 Å². The summed E-state index contributed by atoms with van der Waals surface area (Å²) in [6.07, 6.45) is 1.44. The van der Waals surface area contributed by atoms with E-state index < -0.39 is 22.0 Å². The lowest BCUT2D eigenvalue weighted by atomic mass is 10.1.